The fourth-order valence-electron chi connectivity index (χ4n) is 2.79. The molecule has 1 aromatic carbocycles. The smallest absolute Gasteiger partial charge is 0.0791 e. The summed E-state index contributed by atoms with van der Waals surface area (Å²) in [6.45, 7) is 6.60. The molecule has 124 valence electrons. The first-order chi connectivity index (χ1) is 10.5. The normalized spacial score (nSPS) is 20.0. The third kappa shape index (κ3) is 5.80. The quantitative estimate of drug-likeness (QED) is 0.800. The molecule has 0 amide bonds. The fraction of sp³-hybridized carbons (Fsp3) is 0.647. The topological polar surface area (TPSA) is 52.6 Å². The largest absolute Gasteiger partial charge is 0.390 e. The van der Waals surface area contributed by atoms with Crippen molar-refractivity contribution >= 4 is 10.8 Å². The Morgan fingerprint density at radius 2 is 1.95 bits per heavy atom. The molecule has 2 atom stereocenters. The molecule has 1 saturated heterocycles. The standard InChI is InChI=1S/C17H28N2O2S/c1-14-7-9-19(10-8-14)13-16(20)12-18-11-15-3-5-17(6-4-15)22(2)21/h3-6,14,16,18,20H,7-13H2,1-2H3. The van der Waals surface area contributed by atoms with Crippen LogP contribution in [0.3, 0.4) is 0 Å². The lowest BCUT2D eigenvalue weighted by molar-refractivity contribution is 0.0907. The van der Waals surface area contributed by atoms with Crippen LogP contribution in [0.15, 0.2) is 29.2 Å². The molecule has 2 unspecified atom stereocenters. The lowest BCUT2D eigenvalue weighted by Gasteiger charge is -2.31. The van der Waals surface area contributed by atoms with Gasteiger partial charge in [-0.15, -0.1) is 0 Å². The van der Waals surface area contributed by atoms with E-state index in [4.69, 9.17) is 0 Å². The van der Waals surface area contributed by atoms with E-state index < -0.39 is 10.8 Å². The molecular weight excluding hydrogens is 296 g/mol. The minimum absolute atomic E-state index is 0.323. The lowest BCUT2D eigenvalue weighted by atomic mass is 9.99. The van der Waals surface area contributed by atoms with Gasteiger partial charge in [-0.3, -0.25) is 4.21 Å². The van der Waals surface area contributed by atoms with E-state index in [1.54, 1.807) is 6.26 Å². The number of hydrogen-bond acceptors (Lipinski definition) is 4. The van der Waals surface area contributed by atoms with E-state index in [-0.39, 0.29) is 6.10 Å². The van der Waals surface area contributed by atoms with Crippen molar-refractivity contribution in [3.63, 3.8) is 0 Å². The van der Waals surface area contributed by atoms with Crippen LogP contribution >= 0.6 is 0 Å². The Labute approximate surface area is 136 Å². The number of aliphatic hydroxyl groups is 1. The number of nitrogens with zero attached hydrogens (tertiary/aromatic N) is 1. The number of nitrogens with one attached hydrogen (secondary N) is 1. The van der Waals surface area contributed by atoms with Crippen molar-refractivity contribution in [1.29, 1.82) is 0 Å². The molecule has 0 spiro atoms. The van der Waals surface area contributed by atoms with E-state index in [1.165, 1.54) is 12.8 Å². The van der Waals surface area contributed by atoms with E-state index in [2.05, 4.69) is 17.1 Å². The molecule has 1 aromatic rings. The van der Waals surface area contributed by atoms with Gasteiger partial charge in [0.1, 0.15) is 0 Å². The first kappa shape index (κ1) is 17.6. The molecule has 0 aliphatic carbocycles. The van der Waals surface area contributed by atoms with Gasteiger partial charge < -0.3 is 15.3 Å². The number of β-amino-alcohol motifs (C(OH)–C–C–N with tert-alkyl or cyclic N) is 1. The SMILES string of the molecule is CC1CCN(CC(O)CNCc2ccc(S(C)=O)cc2)CC1. The maximum atomic E-state index is 11.3. The molecule has 2 rings (SSSR count). The van der Waals surface area contributed by atoms with Crippen LogP contribution in [-0.2, 0) is 17.3 Å². The second-order valence-corrected chi connectivity index (χ2v) is 7.75. The van der Waals surface area contributed by atoms with Gasteiger partial charge in [-0.2, -0.15) is 0 Å². The third-order valence-electron chi connectivity index (χ3n) is 4.31. The van der Waals surface area contributed by atoms with Gasteiger partial charge >= 0.3 is 0 Å². The van der Waals surface area contributed by atoms with E-state index in [9.17, 15) is 9.32 Å². The van der Waals surface area contributed by atoms with Crippen LogP contribution in [0.25, 0.3) is 0 Å². The van der Waals surface area contributed by atoms with Gasteiger partial charge in [-0.25, -0.2) is 0 Å². The molecular formula is C17H28N2O2S. The summed E-state index contributed by atoms with van der Waals surface area (Å²) in [5, 5.41) is 13.4. The van der Waals surface area contributed by atoms with Crippen molar-refractivity contribution in [2.45, 2.75) is 37.3 Å². The van der Waals surface area contributed by atoms with Gasteiger partial charge in [0.05, 0.1) is 6.10 Å². The summed E-state index contributed by atoms with van der Waals surface area (Å²) in [5.74, 6) is 0.826. The Morgan fingerprint density at radius 1 is 1.32 bits per heavy atom. The van der Waals surface area contributed by atoms with E-state index >= 15 is 0 Å². The van der Waals surface area contributed by atoms with Crippen LogP contribution in [0, 0.1) is 5.92 Å². The van der Waals surface area contributed by atoms with Gasteiger partial charge in [0.15, 0.2) is 0 Å². The van der Waals surface area contributed by atoms with Crippen molar-refractivity contribution in [3.8, 4) is 0 Å². The predicted molar refractivity (Wildman–Crippen MR) is 91.3 cm³/mol. The highest BCUT2D eigenvalue weighted by Crippen LogP contribution is 2.15. The van der Waals surface area contributed by atoms with Gasteiger partial charge in [-0.05, 0) is 49.5 Å². The maximum Gasteiger partial charge on any atom is 0.0791 e. The molecule has 1 fully saturated rings. The molecule has 1 aliphatic heterocycles. The van der Waals surface area contributed by atoms with Crippen LogP contribution < -0.4 is 5.32 Å². The number of hydrogen-bond donors (Lipinski definition) is 2. The molecule has 1 aliphatic rings. The van der Waals surface area contributed by atoms with E-state index in [0.29, 0.717) is 6.54 Å². The molecule has 22 heavy (non-hydrogen) atoms. The number of likely N-dealkylation sites (tertiary alicyclic amines) is 1. The Kier molecular flexibility index (Phi) is 7.02. The average molecular weight is 324 g/mol. The lowest BCUT2D eigenvalue weighted by Crippen LogP contribution is -2.41. The molecule has 4 nitrogen and oxygen atoms in total. The third-order valence-corrected chi connectivity index (χ3v) is 5.25. The summed E-state index contributed by atoms with van der Waals surface area (Å²) >= 11 is 0. The van der Waals surface area contributed by atoms with Crippen molar-refractivity contribution in [2.75, 3.05) is 32.4 Å². The van der Waals surface area contributed by atoms with Gasteiger partial charge in [0, 0.05) is 41.6 Å². The van der Waals surface area contributed by atoms with Crippen LogP contribution in [0.4, 0.5) is 0 Å². The zero-order valence-electron chi connectivity index (χ0n) is 13.6. The van der Waals surface area contributed by atoms with Crippen LogP contribution in [0.1, 0.15) is 25.3 Å². The summed E-state index contributed by atoms with van der Waals surface area (Å²) in [7, 11) is -0.923. The Bertz CT molecular complexity index is 470. The molecule has 5 heteroatoms. The maximum absolute atomic E-state index is 11.3. The van der Waals surface area contributed by atoms with Crippen LogP contribution in [0.5, 0.6) is 0 Å². The summed E-state index contributed by atoms with van der Waals surface area (Å²) in [6, 6.07) is 7.78. The first-order valence-corrected chi connectivity index (χ1v) is 9.64. The molecule has 0 radical (unpaired) electrons. The van der Waals surface area contributed by atoms with Crippen molar-refractivity contribution in [2.24, 2.45) is 5.92 Å². The highest BCUT2D eigenvalue weighted by Gasteiger charge is 2.17. The Balaban J connectivity index is 1.66. The second-order valence-electron chi connectivity index (χ2n) is 6.37. The van der Waals surface area contributed by atoms with E-state index in [1.807, 2.05) is 24.3 Å². The Morgan fingerprint density at radius 3 is 2.55 bits per heavy atom. The predicted octanol–water partition coefficient (Wildman–Crippen LogP) is 1.61. The molecule has 0 aromatic heterocycles. The number of aliphatic hydroxyl groups excluding tert-OH is 1. The monoisotopic (exact) mass is 324 g/mol. The molecule has 2 N–H and O–H groups in total. The number of piperidine rings is 1. The first-order valence-electron chi connectivity index (χ1n) is 8.08. The molecule has 0 saturated carbocycles. The minimum atomic E-state index is -0.923. The van der Waals surface area contributed by atoms with Crippen LogP contribution in [-0.4, -0.2) is 52.8 Å². The van der Waals surface area contributed by atoms with Crippen molar-refractivity contribution < 1.29 is 9.32 Å². The van der Waals surface area contributed by atoms with Crippen LogP contribution in [0.2, 0.25) is 0 Å². The summed E-state index contributed by atoms with van der Waals surface area (Å²) in [6.07, 6.45) is 3.84. The number of benzene rings is 1. The van der Waals surface area contributed by atoms with Gasteiger partial charge in [0.2, 0.25) is 0 Å². The highest BCUT2D eigenvalue weighted by atomic mass is 32.2. The Hall–Kier alpha value is -0.750. The van der Waals surface area contributed by atoms with Crippen molar-refractivity contribution in [1.82, 2.24) is 10.2 Å². The summed E-state index contributed by atoms with van der Waals surface area (Å²) in [4.78, 5) is 3.21. The zero-order chi connectivity index (χ0) is 15.9. The summed E-state index contributed by atoms with van der Waals surface area (Å²) in [5.41, 5.74) is 1.15. The minimum Gasteiger partial charge on any atom is -0.390 e. The number of rotatable bonds is 7. The van der Waals surface area contributed by atoms with Gasteiger partial charge in [-0.1, -0.05) is 19.1 Å². The molecule has 0 bridgehead atoms. The van der Waals surface area contributed by atoms with Crippen molar-refractivity contribution in [3.05, 3.63) is 29.8 Å². The highest BCUT2D eigenvalue weighted by molar-refractivity contribution is 7.84. The average Bonchev–Trinajstić information content (AvgIpc) is 2.50. The molecule has 1 heterocycles. The zero-order valence-corrected chi connectivity index (χ0v) is 14.4. The summed E-state index contributed by atoms with van der Waals surface area (Å²) < 4.78 is 11.3. The fourth-order valence-corrected chi connectivity index (χ4v) is 3.31. The second kappa shape index (κ2) is 8.77. The van der Waals surface area contributed by atoms with E-state index in [0.717, 1.165) is 42.6 Å². The van der Waals surface area contributed by atoms with Gasteiger partial charge in [0.25, 0.3) is 0 Å².